The smallest absolute Gasteiger partial charge is 0.175 e. The van der Waals surface area contributed by atoms with Gasteiger partial charge in [0.05, 0.1) is 24.7 Å². The lowest BCUT2D eigenvalue weighted by molar-refractivity contribution is 0.308. The third-order valence-electron chi connectivity index (χ3n) is 2.46. The van der Waals surface area contributed by atoms with E-state index in [2.05, 4.69) is 31.6 Å². The quantitative estimate of drug-likeness (QED) is 0.881. The van der Waals surface area contributed by atoms with Crippen molar-refractivity contribution >= 4 is 15.9 Å². The van der Waals surface area contributed by atoms with Crippen molar-refractivity contribution < 1.29 is 9.47 Å². The molecule has 1 aromatic carbocycles. The summed E-state index contributed by atoms with van der Waals surface area (Å²) in [6, 6.07) is 3.93. The molecule has 2 rings (SSSR count). The maximum atomic E-state index is 5.55. The Hall–Kier alpha value is -1.76. The second-order valence-corrected chi connectivity index (χ2v) is 4.60. The molecule has 0 saturated carbocycles. The average molecular weight is 327 g/mol. The number of rotatable bonds is 6. The fourth-order valence-corrected chi connectivity index (χ4v) is 2.23. The lowest BCUT2D eigenvalue weighted by Crippen LogP contribution is -2.12. The van der Waals surface area contributed by atoms with Crippen LogP contribution >= 0.6 is 15.9 Å². The van der Waals surface area contributed by atoms with Crippen molar-refractivity contribution in [3.8, 4) is 11.5 Å². The molecule has 0 fully saturated rings. The first-order chi connectivity index (χ1) is 9.24. The van der Waals surface area contributed by atoms with Crippen LogP contribution in [-0.2, 0) is 6.54 Å². The molecule has 0 aliphatic carbocycles. The van der Waals surface area contributed by atoms with E-state index in [0.29, 0.717) is 18.9 Å². The first-order valence-electron chi connectivity index (χ1n) is 5.82. The predicted octanol–water partition coefficient (Wildman–Crippen LogP) is 2.19. The van der Waals surface area contributed by atoms with Gasteiger partial charge in [0.1, 0.15) is 12.7 Å². The van der Waals surface area contributed by atoms with E-state index >= 15 is 0 Å². The van der Waals surface area contributed by atoms with Gasteiger partial charge in [0, 0.05) is 0 Å². The molecule has 6 nitrogen and oxygen atoms in total. The summed E-state index contributed by atoms with van der Waals surface area (Å²) in [4.78, 5) is 0. The minimum atomic E-state index is 0.591. The molecule has 0 aliphatic heterocycles. The van der Waals surface area contributed by atoms with E-state index in [9.17, 15) is 0 Å². The molecular weight excluding hydrogens is 312 g/mol. The van der Waals surface area contributed by atoms with Crippen LogP contribution in [0.5, 0.6) is 11.5 Å². The number of nitrogens with one attached hydrogen (secondary N) is 1. The number of methoxy groups -OCH3 is 1. The van der Waals surface area contributed by atoms with Crippen LogP contribution in [0.2, 0.25) is 0 Å². The third-order valence-corrected chi connectivity index (χ3v) is 3.05. The third kappa shape index (κ3) is 3.37. The number of nitrogens with zero attached hydrogens (tertiary/aromatic N) is 3. The van der Waals surface area contributed by atoms with Gasteiger partial charge in [-0.3, -0.25) is 0 Å². The molecule has 0 unspecified atom stereocenters. The predicted molar refractivity (Wildman–Crippen MR) is 74.9 cm³/mol. The number of ether oxygens (including phenoxy) is 2. The molecule has 0 saturated heterocycles. The van der Waals surface area contributed by atoms with Crippen LogP contribution in [0, 0.1) is 0 Å². The Kier molecular flexibility index (Phi) is 4.62. The molecule has 1 N–H and O–H groups in total. The van der Waals surface area contributed by atoms with Gasteiger partial charge in [0.2, 0.25) is 0 Å². The van der Waals surface area contributed by atoms with Crippen molar-refractivity contribution in [1.82, 2.24) is 14.9 Å². The topological polar surface area (TPSA) is 61.2 Å². The molecule has 0 amide bonds. The number of hydrogen-bond donors (Lipinski definition) is 1. The molecule has 19 heavy (non-hydrogen) atoms. The standard InChI is InChI=1S/C12H15BrN4O2/c1-3-19-12-10(13)4-9(5-11(12)18-2)6-16-17-7-14-15-8-17/h4-5,7-8,16H,3,6H2,1-2H3. The van der Waals surface area contributed by atoms with Gasteiger partial charge in [-0.2, -0.15) is 0 Å². The fourth-order valence-electron chi connectivity index (χ4n) is 1.62. The Balaban J connectivity index is 2.15. The van der Waals surface area contributed by atoms with E-state index < -0.39 is 0 Å². The minimum Gasteiger partial charge on any atom is -0.493 e. The molecule has 0 spiro atoms. The Morgan fingerprint density at radius 1 is 1.32 bits per heavy atom. The lowest BCUT2D eigenvalue weighted by atomic mass is 10.2. The second kappa shape index (κ2) is 6.42. The van der Waals surface area contributed by atoms with Crippen molar-refractivity contribution in [2.45, 2.75) is 13.5 Å². The molecule has 0 radical (unpaired) electrons. The maximum absolute atomic E-state index is 5.55. The zero-order valence-electron chi connectivity index (χ0n) is 10.8. The summed E-state index contributed by atoms with van der Waals surface area (Å²) in [6.45, 7) is 3.15. The van der Waals surface area contributed by atoms with E-state index in [1.165, 1.54) is 0 Å². The van der Waals surface area contributed by atoms with Gasteiger partial charge >= 0.3 is 0 Å². The van der Waals surface area contributed by atoms with Crippen molar-refractivity contribution in [3.05, 3.63) is 34.8 Å². The van der Waals surface area contributed by atoms with E-state index in [-0.39, 0.29) is 0 Å². The molecule has 1 aromatic heterocycles. The summed E-state index contributed by atoms with van der Waals surface area (Å²) in [7, 11) is 1.63. The molecule has 0 aliphatic rings. The number of hydrogen-bond acceptors (Lipinski definition) is 5. The SMILES string of the molecule is CCOc1c(Br)cc(CNn2cnnc2)cc1OC. The summed E-state index contributed by atoms with van der Waals surface area (Å²) in [5.41, 5.74) is 4.20. The van der Waals surface area contributed by atoms with E-state index in [4.69, 9.17) is 9.47 Å². The summed E-state index contributed by atoms with van der Waals surface area (Å²) in [6.07, 6.45) is 3.20. The van der Waals surface area contributed by atoms with Crippen LogP contribution < -0.4 is 14.9 Å². The molecule has 0 atom stereocenters. The lowest BCUT2D eigenvalue weighted by Gasteiger charge is -2.14. The monoisotopic (exact) mass is 326 g/mol. The zero-order valence-corrected chi connectivity index (χ0v) is 12.3. The largest absolute Gasteiger partial charge is 0.493 e. The fraction of sp³-hybridized carbons (Fsp3) is 0.333. The van der Waals surface area contributed by atoms with Gasteiger partial charge in [0.25, 0.3) is 0 Å². The van der Waals surface area contributed by atoms with E-state index in [1.807, 2.05) is 19.1 Å². The van der Waals surface area contributed by atoms with Crippen molar-refractivity contribution in [2.75, 3.05) is 19.1 Å². The van der Waals surface area contributed by atoms with Crippen LogP contribution in [0.15, 0.2) is 29.3 Å². The summed E-state index contributed by atoms with van der Waals surface area (Å²) in [5.74, 6) is 1.43. The van der Waals surface area contributed by atoms with Crippen LogP contribution in [-0.4, -0.2) is 28.6 Å². The Morgan fingerprint density at radius 3 is 2.68 bits per heavy atom. The maximum Gasteiger partial charge on any atom is 0.175 e. The number of halogens is 1. The highest BCUT2D eigenvalue weighted by molar-refractivity contribution is 9.10. The highest BCUT2D eigenvalue weighted by atomic mass is 79.9. The van der Waals surface area contributed by atoms with E-state index in [1.54, 1.807) is 24.4 Å². The van der Waals surface area contributed by atoms with E-state index in [0.717, 1.165) is 15.8 Å². The summed E-state index contributed by atoms with van der Waals surface area (Å²) in [5, 5.41) is 7.44. The molecule has 1 heterocycles. The molecule has 7 heteroatoms. The van der Waals surface area contributed by atoms with Gasteiger partial charge in [-0.05, 0) is 40.5 Å². The van der Waals surface area contributed by atoms with Crippen molar-refractivity contribution in [2.24, 2.45) is 0 Å². The van der Waals surface area contributed by atoms with Gasteiger partial charge in [-0.15, -0.1) is 10.2 Å². The van der Waals surface area contributed by atoms with Crippen molar-refractivity contribution in [3.63, 3.8) is 0 Å². The van der Waals surface area contributed by atoms with Crippen LogP contribution in [0.3, 0.4) is 0 Å². The number of aromatic nitrogens is 3. The molecular formula is C12H15BrN4O2. The Labute approximate surface area is 119 Å². The first-order valence-corrected chi connectivity index (χ1v) is 6.61. The van der Waals surface area contributed by atoms with Crippen LogP contribution in [0.1, 0.15) is 12.5 Å². The molecule has 102 valence electrons. The Bertz CT molecular complexity index is 531. The zero-order chi connectivity index (χ0) is 13.7. The molecule has 2 aromatic rings. The van der Waals surface area contributed by atoms with Gasteiger partial charge < -0.3 is 14.9 Å². The minimum absolute atomic E-state index is 0.591. The van der Waals surface area contributed by atoms with Gasteiger partial charge in [0.15, 0.2) is 11.5 Å². The number of benzene rings is 1. The van der Waals surface area contributed by atoms with Gasteiger partial charge in [-0.1, -0.05) is 0 Å². The van der Waals surface area contributed by atoms with Gasteiger partial charge in [-0.25, -0.2) is 4.68 Å². The molecule has 0 bridgehead atoms. The highest BCUT2D eigenvalue weighted by Gasteiger charge is 2.11. The first kappa shape index (κ1) is 13.7. The Morgan fingerprint density at radius 2 is 2.05 bits per heavy atom. The second-order valence-electron chi connectivity index (χ2n) is 3.75. The highest BCUT2D eigenvalue weighted by Crippen LogP contribution is 2.36. The van der Waals surface area contributed by atoms with Crippen LogP contribution in [0.4, 0.5) is 0 Å². The van der Waals surface area contributed by atoms with Crippen LogP contribution in [0.25, 0.3) is 0 Å². The summed E-state index contributed by atoms with van der Waals surface area (Å²) >= 11 is 3.49. The average Bonchev–Trinajstić information content (AvgIpc) is 2.92. The summed E-state index contributed by atoms with van der Waals surface area (Å²) < 4.78 is 13.4. The van der Waals surface area contributed by atoms with Crippen molar-refractivity contribution in [1.29, 1.82) is 0 Å². The normalized spacial score (nSPS) is 10.3.